The molecule has 0 fully saturated rings. The van der Waals surface area contributed by atoms with Crippen LogP contribution in [0.5, 0.6) is 11.5 Å². The van der Waals surface area contributed by atoms with Gasteiger partial charge in [0.05, 0.1) is 18.8 Å². The number of rotatable bonds is 6. The van der Waals surface area contributed by atoms with Gasteiger partial charge in [-0.3, -0.25) is 4.79 Å². The Labute approximate surface area is 178 Å². The third kappa shape index (κ3) is 4.28. The first-order chi connectivity index (χ1) is 15.1. The molecule has 0 N–H and O–H groups in total. The van der Waals surface area contributed by atoms with Crippen molar-refractivity contribution in [1.82, 2.24) is 0 Å². The molecule has 0 bridgehead atoms. The van der Waals surface area contributed by atoms with E-state index in [0.717, 1.165) is 12.0 Å². The van der Waals surface area contributed by atoms with Crippen molar-refractivity contribution in [2.45, 2.75) is 13.3 Å². The lowest BCUT2D eigenvalue weighted by Gasteiger charge is -2.11. The molecule has 0 atom stereocenters. The van der Waals surface area contributed by atoms with Crippen LogP contribution in [0.3, 0.4) is 0 Å². The molecule has 0 aliphatic rings. The van der Waals surface area contributed by atoms with Gasteiger partial charge in [-0.05, 0) is 66.6 Å². The van der Waals surface area contributed by atoms with E-state index in [0.29, 0.717) is 28.0 Å². The lowest BCUT2D eigenvalue weighted by molar-refractivity contribution is -0.129. The zero-order chi connectivity index (χ0) is 21.8. The molecule has 0 saturated heterocycles. The Hall–Kier alpha value is -4.06. The van der Waals surface area contributed by atoms with Crippen LogP contribution in [0.2, 0.25) is 0 Å². The van der Waals surface area contributed by atoms with E-state index in [1.165, 1.54) is 18.4 Å². The van der Waals surface area contributed by atoms with Gasteiger partial charge >= 0.3 is 5.97 Å². The number of esters is 1. The summed E-state index contributed by atoms with van der Waals surface area (Å²) in [5.74, 6) is 0.429. The molecular formula is C25H20O6. The second-order valence-electron chi connectivity index (χ2n) is 6.77. The number of carbonyl (C=O) groups excluding carboxylic acids is 1. The highest BCUT2D eigenvalue weighted by Gasteiger charge is 2.20. The van der Waals surface area contributed by atoms with Crippen LogP contribution in [0.1, 0.15) is 18.2 Å². The summed E-state index contributed by atoms with van der Waals surface area (Å²) in [6.45, 7) is 1.99. The summed E-state index contributed by atoms with van der Waals surface area (Å²) >= 11 is 0. The number of carbonyl (C=O) groups is 1. The predicted octanol–water partition coefficient (Wildman–Crippen LogP) is 5.24. The van der Waals surface area contributed by atoms with Crippen molar-refractivity contribution >= 4 is 23.0 Å². The summed E-state index contributed by atoms with van der Waals surface area (Å²) in [7, 11) is 1.56. The molecule has 31 heavy (non-hydrogen) atoms. The molecule has 0 aliphatic heterocycles. The molecule has 6 nitrogen and oxygen atoms in total. The second-order valence-corrected chi connectivity index (χ2v) is 6.77. The van der Waals surface area contributed by atoms with Crippen molar-refractivity contribution < 1.29 is 23.1 Å². The lowest BCUT2D eigenvalue weighted by Crippen LogP contribution is -2.14. The number of methoxy groups -OCH3 is 1. The van der Waals surface area contributed by atoms with Crippen molar-refractivity contribution in [1.29, 1.82) is 0 Å². The van der Waals surface area contributed by atoms with Crippen LogP contribution in [0.4, 0.5) is 0 Å². The molecule has 0 saturated carbocycles. The molecule has 156 valence electrons. The highest BCUT2D eigenvalue weighted by Crippen LogP contribution is 2.32. The first-order valence-corrected chi connectivity index (χ1v) is 9.76. The van der Waals surface area contributed by atoms with Crippen molar-refractivity contribution in [2.24, 2.45) is 0 Å². The number of aryl methyl sites for hydroxylation is 1. The van der Waals surface area contributed by atoms with E-state index >= 15 is 0 Å². The first-order valence-electron chi connectivity index (χ1n) is 9.76. The second kappa shape index (κ2) is 8.75. The minimum absolute atomic E-state index is 0.167. The molecule has 4 aromatic rings. The van der Waals surface area contributed by atoms with E-state index in [1.54, 1.807) is 55.6 Å². The van der Waals surface area contributed by atoms with Gasteiger partial charge in [-0.15, -0.1) is 0 Å². The topological polar surface area (TPSA) is 78.9 Å². The molecule has 6 heteroatoms. The first kappa shape index (κ1) is 20.2. The quantitative estimate of drug-likeness (QED) is 0.316. The van der Waals surface area contributed by atoms with E-state index in [-0.39, 0.29) is 11.5 Å². The third-order valence-electron chi connectivity index (χ3n) is 4.80. The Morgan fingerprint density at radius 1 is 1.10 bits per heavy atom. The van der Waals surface area contributed by atoms with Crippen molar-refractivity contribution in [3.8, 4) is 22.8 Å². The predicted molar refractivity (Wildman–Crippen MR) is 117 cm³/mol. The molecule has 4 rings (SSSR count). The van der Waals surface area contributed by atoms with Crippen LogP contribution in [-0.4, -0.2) is 13.1 Å². The Morgan fingerprint density at radius 3 is 2.58 bits per heavy atom. The van der Waals surface area contributed by atoms with Gasteiger partial charge in [-0.2, -0.15) is 0 Å². The van der Waals surface area contributed by atoms with Gasteiger partial charge < -0.3 is 18.3 Å². The van der Waals surface area contributed by atoms with E-state index in [9.17, 15) is 9.59 Å². The van der Waals surface area contributed by atoms with Crippen LogP contribution >= 0.6 is 0 Å². The van der Waals surface area contributed by atoms with Crippen LogP contribution in [0.15, 0.2) is 80.6 Å². The van der Waals surface area contributed by atoms with Gasteiger partial charge in [-0.1, -0.05) is 13.0 Å². The van der Waals surface area contributed by atoms with Crippen molar-refractivity contribution in [3.63, 3.8) is 0 Å². The SMILES string of the molecule is CCc1ccc2oc(-c3ccc(OC)cc3)c(OC(=O)C=Cc3ccco3)c(=O)c2c1. The molecular weight excluding hydrogens is 396 g/mol. The third-order valence-corrected chi connectivity index (χ3v) is 4.80. The van der Waals surface area contributed by atoms with Gasteiger partial charge in [0, 0.05) is 11.6 Å². The van der Waals surface area contributed by atoms with Crippen LogP contribution in [0, 0.1) is 0 Å². The maximum Gasteiger partial charge on any atom is 0.336 e. The Balaban J connectivity index is 1.81. The summed E-state index contributed by atoms with van der Waals surface area (Å²) in [5.41, 5.74) is 1.56. The van der Waals surface area contributed by atoms with E-state index in [1.807, 2.05) is 13.0 Å². The molecule has 0 radical (unpaired) electrons. The Bertz CT molecular complexity index is 1290. The summed E-state index contributed by atoms with van der Waals surface area (Å²) in [4.78, 5) is 25.7. The van der Waals surface area contributed by atoms with Crippen LogP contribution < -0.4 is 14.9 Å². The summed E-state index contributed by atoms with van der Waals surface area (Å²) in [6.07, 6.45) is 4.92. The molecule has 2 aromatic heterocycles. The fourth-order valence-electron chi connectivity index (χ4n) is 3.14. The monoisotopic (exact) mass is 416 g/mol. The zero-order valence-electron chi connectivity index (χ0n) is 17.1. The minimum Gasteiger partial charge on any atom is -0.497 e. The normalized spacial score (nSPS) is 11.2. The zero-order valence-corrected chi connectivity index (χ0v) is 17.1. The van der Waals surface area contributed by atoms with Crippen molar-refractivity contribution in [2.75, 3.05) is 7.11 Å². The van der Waals surface area contributed by atoms with Crippen LogP contribution in [-0.2, 0) is 11.2 Å². The lowest BCUT2D eigenvalue weighted by atomic mass is 10.1. The molecule has 0 amide bonds. The standard InChI is InChI=1S/C25H20O6/c1-3-16-6-12-21-20(15-16)23(27)25(31-22(26)13-11-19-5-4-14-29-19)24(30-21)17-7-9-18(28-2)10-8-17/h4-15H,3H2,1-2H3. The summed E-state index contributed by atoms with van der Waals surface area (Å²) in [6, 6.07) is 15.8. The number of ether oxygens (including phenoxy) is 2. The summed E-state index contributed by atoms with van der Waals surface area (Å²) < 4.78 is 21.8. The van der Waals surface area contributed by atoms with Gasteiger partial charge in [0.15, 0.2) is 5.76 Å². The molecule has 0 aliphatic carbocycles. The van der Waals surface area contributed by atoms with Crippen LogP contribution in [0.25, 0.3) is 28.4 Å². The highest BCUT2D eigenvalue weighted by atomic mass is 16.5. The summed E-state index contributed by atoms with van der Waals surface area (Å²) in [5, 5.41) is 0.356. The number of fused-ring (bicyclic) bond motifs is 1. The average Bonchev–Trinajstić information content (AvgIpc) is 3.33. The molecule has 0 spiro atoms. The highest BCUT2D eigenvalue weighted by molar-refractivity contribution is 5.90. The maximum atomic E-state index is 13.3. The van der Waals surface area contributed by atoms with Gasteiger partial charge in [-0.25, -0.2) is 4.79 Å². The van der Waals surface area contributed by atoms with Gasteiger partial charge in [0.1, 0.15) is 17.1 Å². The van der Waals surface area contributed by atoms with E-state index in [2.05, 4.69) is 0 Å². The van der Waals surface area contributed by atoms with Gasteiger partial charge in [0.25, 0.3) is 0 Å². The number of benzene rings is 2. The molecule has 2 heterocycles. The van der Waals surface area contributed by atoms with Gasteiger partial charge in [0.2, 0.25) is 11.2 Å². The maximum absolute atomic E-state index is 13.3. The minimum atomic E-state index is -0.718. The fraction of sp³-hybridized carbons (Fsp3) is 0.120. The van der Waals surface area contributed by atoms with E-state index < -0.39 is 11.4 Å². The number of hydrogen-bond acceptors (Lipinski definition) is 6. The fourth-order valence-corrected chi connectivity index (χ4v) is 3.14. The van der Waals surface area contributed by atoms with Crippen molar-refractivity contribution in [3.05, 3.63) is 88.5 Å². The average molecular weight is 416 g/mol. The molecule has 2 aromatic carbocycles. The smallest absolute Gasteiger partial charge is 0.336 e. The number of hydrogen-bond donors (Lipinski definition) is 0. The number of furan rings is 1. The Kier molecular flexibility index (Phi) is 5.71. The largest absolute Gasteiger partial charge is 0.497 e. The van der Waals surface area contributed by atoms with E-state index in [4.69, 9.17) is 18.3 Å². The molecule has 0 unspecified atom stereocenters. The Morgan fingerprint density at radius 2 is 1.90 bits per heavy atom.